The monoisotopic (exact) mass is 490 g/mol. The Morgan fingerprint density at radius 3 is 2.57 bits per heavy atom. The molecule has 4 rings (SSSR count). The molecule has 35 heavy (non-hydrogen) atoms. The molecule has 0 unspecified atom stereocenters. The highest BCUT2D eigenvalue weighted by atomic mass is 32.2. The molecule has 3 aromatic rings. The summed E-state index contributed by atoms with van der Waals surface area (Å²) in [6.07, 6.45) is 6.62. The van der Waals surface area contributed by atoms with E-state index in [9.17, 15) is 18.0 Å². The molecular formula is C27H26N2O5S. The lowest BCUT2D eigenvalue weighted by Gasteiger charge is -2.20. The zero-order chi connectivity index (χ0) is 25.3. The highest BCUT2D eigenvalue weighted by Gasteiger charge is 2.23. The lowest BCUT2D eigenvalue weighted by atomic mass is 10.1. The fourth-order valence-corrected chi connectivity index (χ4v) is 4.64. The van der Waals surface area contributed by atoms with Crippen LogP contribution in [0.4, 0.5) is 5.69 Å². The lowest BCUT2D eigenvalue weighted by molar-refractivity contribution is 0.104. The third-order valence-corrected chi connectivity index (χ3v) is 7.19. The summed E-state index contributed by atoms with van der Waals surface area (Å²) in [5.74, 6) is 0.534. The SMILES string of the molecule is C=CC(=O)c1cn(-c2cc(NS(=O)(=O)CC)ccc2Oc2c(C)cccc2C)c2c(c1=O)CC=C2. The summed E-state index contributed by atoms with van der Waals surface area (Å²) >= 11 is 0. The summed E-state index contributed by atoms with van der Waals surface area (Å²) in [6, 6.07) is 10.7. The van der Waals surface area contributed by atoms with Crippen molar-refractivity contribution in [1.82, 2.24) is 4.57 Å². The summed E-state index contributed by atoms with van der Waals surface area (Å²) in [5, 5.41) is 0. The van der Waals surface area contributed by atoms with Gasteiger partial charge in [0.1, 0.15) is 5.75 Å². The van der Waals surface area contributed by atoms with Gasteiger partial charge in [-0.3, -0.25) is 14.3 Å². The molecule has 0 fully saturated rings. The van der Waals surface area contributed by atoms with Crippen LogP contribution in [0.5, 0.6) is 11.5 Å². The van der Waals surface area contributed by atoms with Crippen molar-refractivity contribution >= 4 is 27.6 Å². The van der Waals surface area contributed by atoms with Crippen molar-refractivity contribution in [3.8, 4) is 17.2 Å². The number of fused-ring (bicyclic) bond motifs is 1. The van der Waals surface area contributed by atoms with E-state index in [4.69, 9.17) is 4.74 Å². The van der Waals surface area contributed by atoms with Gasteiger partial charge in [0.2, 0.25) is 10.0 Å². The number of nitrogens with zero attached hydrogens (tertiary/aromatic N) is 1. The van der Waals surface area contributed by atoms with E-state index in [1.807, 2.05) is 44.2 Å². The maximum atomic E-state index is 13.0. The summed E-state index contributed by atoms with van der Waals surface area (Å²) in [4.78, 5) is 25.5. The number of anilines is 1. The summed E-state index contributed by atoms with van der Waals surface area (Å²) in [6.45, 7) is 8.94. The van der Waals surface area contributed by atoms with Crippen molar-refractivity contribution in [1.29, 1.82) is 0 Å². The molecule has 0 radical (unpaired) electrons. The number of para-hydroxylation sites is 1. The first-order valence-corrected chi connectivity index (χ1v) is 12.8. The van der Waals surface area contributed by atoms with Crippen LogP contribution in [-0.2, 0) is 16.4 Å². The molecule has 0 aliphatic heterocycles. The molecule has 7 nitrogen and oxygen atoms in total. The molecule has 1 aliphatic carbocycles. The number of hydrogen-bond acceptors (Lipinski definition) is 5. The number of ketones is 1. The molecule has 0 atom stereocenters. The van der Waals surface area contributed by atoms with E-state index in [2.05, 4.69) is 11.3 Å². The Morgan fingerprint density at radius 2 is 1.91 bits per heavy atom. The number of rotatable bonds is 8. The minimum Gasteiger partial charge on any atom is -0.455 e. The van der Waals surface area contributed by atoms with Crippen molar-refractivity contribution < 1.29 is 17.9 Å². The van der Waals surface area contributed by atoms with Gasteiger partial charge in [0, 0.05) is 11.8 Å². The van der Waals surface area contributed by atoms with Crippen LogP contribution >= 0.6 is 0 Å². The smallest absolute Gasteiger partial charge is 0.232 e. The molecule has 8 heteroatoms. The maximum absolute atomic E-state index is 13.0. The van der Waals surface area contributed by atoms with Gasteiger partial charge >= 0.3 is 0 Å². The molecule has 1 aliphatic rings. The van der Waals surface area contributed by atoms with Crippen LogP contribution in [-0.4, -0.2) is 24.5 Å². The molecule has 1 N–H and O–H groups in total. The zero-order valence-electron chi connectivity index (χ0n) is 19.8. The average Bonchev–Trinajstić information content (AvgIpc) is 3.32. The molecule has 1 heterocycles. The van der Waals surface area contributed by atoms with Gasteiger partial charge in [0.15, 0.2) is 17.0 Å². The van der Waals surface area contributed by atoms with Crippen LogP contribution in [0.15, 0.2) is 66.1 Å². The number of pyridine rings is 1. The van der Waals surface area contributed by atoms with Gasteiger partial charge in [0.05, 0.1) is 28.4 Å². The molecule has 2 aromatic carbocycles. The fourth-order valence-electron chi connectivity index (χ4n) is 4.01. The van der Waals surface area contributed by atoms with Crippen molar-refractivity contribution in [3.63, 3.8) is 0 Å². The van der Waals surface area contributed by atoms with Crippen LogP contribution in [0.25, 0.3) is 11.8 Å². The number of carbonyl (C=O) groups is 1. The molecule has 0 saturated heterocycles. The summed E-state index contributed by atoms with van der Waals surface area (Å²) in [5.41, 5.74) is 3.41. The predicted molar refractivity (Wildman–Crippen MR) is 138 cm³/mol. The van der Waals surface area contributed by atoms with Gasteiger partial charge in [-0.15, -0.1) is 0 Å². The van der Waals surface area contributed by atoms with E-state index in [0.717, 1.165) is 17.2 Å². The van der Waals surface area contributed by atoms with E-state index in [1.54, 1.807) is 29.7 Å². The molecule has 0 saturated carbocycles. The zero-order valence-corrected chi connectivity index (χ0v) is 20.6. The van der Waals surface area contributed by atoms with Crippen LogP contribution in [0, 0.1) is 13.8 Å². The molecule has 0 amide bonds. The van der Waals surface area contributed by atoms with Crippen LogP contribution < -0.4 is 14.9 Å². The first-order valence-electron chi connectivity index (χ1n) is 11.2. The third-order valence-electron chi connectivity index (χ3n) is 5.89. The van der Waals surface area contributed by atoms with Crippen molar-refractivity contribution in [2.75, 3.05) is 10.5 Å². The Hall–Kier alpha value is -3.91. The minimum atomic E-state index is -3.53. The summed E-state index contributed by atoms with van der Waals surface area (Å²) in [7, 11) is -3.53. The Bertz CT molecular complexity index is 1530. The minimum absolute atomic E-state index is 0.0139. The quantitative estimate of drug-likeness (QED) is 0.356. The Labute approximate surface area is 204 Å². The number of hydrogen-bond donors (Lipinski definition) is 1. The number of carbonyl (C=O) groups excluding carboxylic acids is 1. The second-order valence-electron chi connectivity index (χ2n) is 8.29. The second kappa shape index (κ2) is 9.38. The number of allylic oxidation sites excluding steroid dienone is 2. The highest BCUT2D eigenvalue weighted by Crippen LogP contribution is 2.36. The van der Waals surface area contributed by atoms with Gasteiger partial charge in [-0.05, 0) is 68.7 Å². The fraction of sp³-hybridized carbons (Fsp3) is 0.185. The van der Waals surface area contributed by atoms with Gasteiger partial charge in [-0.1, -0.05) is 30.9 Å². The first kappa shape index (κ1) is 24.2. The molecule has 0 spiro atoms. The summed E-state index contributed by atoms with van der Waals surface area (Å²) < 4.78 is 35.1. The average molecular weight is 491 g/mol. The van der Waals surface area contributed by atoms with Crippen LogP contribution in [0.3, 0.4) is 0 Å². The largest absolute Gasteiger partial charge is 0.455 e. The lowest BCUT2D eigenvalue weighted by Crippen LogP contribution is -2.22. The Morgan fingerprint density at radius 1 is 1.20 bits per heavy atom. The molecule has 180 valence electrons. The van der Waals surface area contributed by atoms with E-state index >= 15 is 0 Å². The number of ether oxygens (including phenoxy) is 1. The van der Waals surface area contributed by atoms with Gasteiger partial charge in [-0.2, -0.15) is 0 Å². The van der Waals surface area contributed by atoms with E-state index in [0.29, 0.717) is 40.6 Å². The number of aromatic nitrogens is 1. The van der Waals surface area contributed by atoms with E-state index < -0.39 is 15.8 Å². The molecular weight excluding hydrogens is 464 g/mol. The highest BCUT2D eigenvalue weighted by molar-refractivity contribution is 7.92. The number of sulfonamides is 1. The molecule has 0 bridgehead atoms. The second-order valence-corrected chi connectivity index (χ2v) is 10.3. The van der Waals surface area contributed by atoms with E-state index in [-0.39, 0.29) is 16.7 Å². The number of nitrogens with one attached hydrogen (secondary N) is 1. The van der Waals surface area contributed by atoms with Crippen molar-refractivity contribution in [3.05, 3.63) is 99.5 Å². The van der Waals surface area contributed by atoms with Gasteiger partial charge < -0.3 is 9.30 Å². The van der Waals surface area contributed by atoms with Crippen molar-refractivity contribution in [2.24, 2.45) is 0 Å². The predicted octanol–water partition coefficient (Wildman–Crippen LogP) is 4.95. The van der Waals surface area contributed by atoms with Gasteiger partial charge in [0.25, 0.3) is 0 Å². The van der Waals surface area contributed by atoms with Crippen molar-refractivity contribution in [2.45, 2.75) is 27.2 Å². The van der Waals surface area contributed by atoms with Crippen LogP contribution in [0.1, 0.15) is 39.7 Å². The maximum Gasteiger partial charge on any atom is 0.232 e. The Balaban J connectivity index is 1.98. The first-order chi connectivity index (χ1) is 16.6. The third kappa shape index (κ3) is 4.70. The van der Waals surface area contributed by atoms with E-state index in [1.165, 1.54) is 6.20 Å². The van der Waals surface area contributed by atoms with Crippen LogP contribution in [0.2, 0.25) is 0 Å². The normalized spacial score (nSPS) is 12.3. The topological polar surface area (TPSA) is 94.5 Å². The number of aryl methyl sites for hydroxylation is 2. The Kier molecular flexibility index (Phi) is 6.49. The standard InChI is InChI=1S/C27H26N2O5S/c1-5-24(30)21-16-29(22-12-8-11-20(22)26(21)31)23-15-19(28-35(32,33)6-2)13-14-25(23)34-27-17(3)9-7-10-18(27)4/h5,7-10,12-16,28H,1,6,11H2,2-4H3. The number of benzene rings is 2. The molecule has 1 aromatic heterocycles. The van der Waals surface area contributed by atoms with Gasteiger partial charge in [-0.25, -0.2) is 8.42 Å².